The van der Waals surface area contributed by atoms with Crippen LogP contribution in [0.4, 0.5) is 4.39 Å². The Hall–Kier alpha value is -3.75. The molecular weight excluding hydrogens is 485 g/mol. The van der Waals surface area contributed by atoms with Gasteiger partial charge >= 0.3 is 5.97 Å². The Bertz CT molecular complexity index is 1420. The van der Waals surface area contributed by atoms with Gasteiger partial charge in [-0.05, 0) is 86.0 Å². The van der Waals surface area contributed by atoms with Gasteiger partial charge in [-0.25, -0.2) is 4.39 Å². The van der Waals surface area contributed by atoms with Crippen molar-refractivity contribution in [3.8, 4) is 16.9 Å². The van der Waals surface area contributed by atoms with Crippen LogP contribution < -0.4 is 10.5 Å². The van der Waals surface area contributed by atoms with Crippen molar-refractivity contribution in [3.63, 3.8) is 0 Å². The largest absolute Gasteiger partial charge is 0.489 e. The minimum absolute atomic E-state index is 0.111. The van der Waals surface area contributed by atoms with Gasteiger partial charge in [0.25, 0.3) is 0 Å². The number of pyridine rings is 1. The molecule has 2 heterocycles. The minimum atomic E-state index is -0.475. The number of esters is 1. The molecule has 0 fully saturated rings. The Kier molecular flexibility index (Phi) is 8.76. The van der Waals surface area contributed by atoms with E-state index in [4.69, 9.17) is 19.9 Å². The topological polar surface area (TPSA) is 88.6 Å². The van der Waals surface area contributed by atoms with E-state index in [9.17, 15) is 9.18 Å². The molecule has 0 saturated heterocycles. The Morgan fingerprint density at radius 1 is 1.11 bits per heavy atom. The van der Waals surface area contributed by atoms with Crippen LogP contribution in [0.1, 0.15) is 43.6 Å². The van der Waals surface area contributed by atoms with E-state index < -0.39 is 17.9 Å². The van der Waals surface area contributed by atoms with E-state index in [0.29, 0.717) is 17.9 Å². The summed E-state index contributed by atoms with van der Waals surface area (Å²) in [5.74, 6) is -0.494. The van der Waals surface area contributed by atoms with E-state index >= 15 is 0 Å². The van der Waals surface area contributed by atoms with E-state index in [0.717, 1.165) is 33.3 Å². The van der Waals surface area contributed by atoms with Gasteiger partial charge in [0, 0.05) is 48.6 Å². The normalized spacial score (nSPS) is 12.2. The van der Waals surface area contributed by atoms with Crippen molar-refractivity contribution in [2.75, 3.05) is 13.7 Å². The molecule has 4 aromatic rings. The Labute approximate surface area is 222 Å². The third kappa shape index (κ3) is 6.38. The molecule has 4 rings (SSSR count). The predicted octanol–water partition coefficient (Wildman–Crippen LogP) is 5.58. The first-order valence-corrected chi connectivity index (χ1v) is 12.7. The first kappa shape index (κ1) is 27.3. The quantitative estimate of drug-likeness (QED) is 0.260. The number of halogens is 1. The molecule has 2 N–H and O–H groups in total. The fourth-order valence-electron chi connectivity index (χ4n) is 4.53. The lowest BCUT2D eigenvalue weighted by Gasteiger charge is -2.16. The zero-order chi connectivity index (χ0) is 27.2. The number of methoxy groups -OCH3 is 1. The molecule has 38 heavy (non-hydrogen) atoms. The van der Waals surface area contributed by atoms with Gasteiger partial charge in [-0.2, -0.15) is 0 Å². The molecule has 2 aromatic heterocycles. The second-order valence-corrected chi connectivity index (χ2v) is 9.61. The van der Waals surface area contributed by atoms with Gasteiger partial charge in [0.05, 0.1) is 18.7 Å². The summed E-state index contributed by atoms with van der Waals surface area (Å²) >= 11 is 0. The summed E-state index contributed by atoms with van der Waals surface area (Å²) < 4.78 is 32.8. The number of fused-ring (bicyclic) bond motifs is 1. The Morgan fingerprint density at radius 2 is 1.92 bits per heavy atom. The maximum atomic E-state index is 14.1. The van der Waals surface area contributed by atoms with E-state index in [1.54, 1.807) is 19.2 Å². The van der Waals surface area contributed by atoms with Crippen LogP contribution in [0.5, 0.6) is 5.75 Å². The molecule has 0 aliphatic rings. The monoisotopic (exact) mass is 519 g/mol. The fraction of sp³-hybridized carbons (Fsp3) is 0.333. The molecule has 0 saturated carbocycles. The number of benzene rings is 2. The predicted molar refractivity (Wildman–Crippen MR) is 145 cm³/mol. The SMILES string of the molecule is COCC(C)OC(=O)Cc1cc(F)ccc1OCc1cc(-c2ccnc(CN)c2)c2ccn(C(C)C)c2c1. The van der Waals surface area contributed by atoms with Gasteiger partial charge in [-0.3, -0.25) is 9.78 Å². The maximum Gasteiger partial charge on any atom is 0.310 e. The summed E-state index contributed by atoms with van der Waals surface area (Å²) in [5.41, 5.74) is 11.2. The number of carbonyl (C=O) groups is 1. The number of hydrogen-bond donors (Lipinski definition) is 1. The van der Waals surface area contributed by atoms with Crippen LogP contribution in [-0.2, 0) is 33.8 Å². The molecule has 0 amide bonds. The van der Waals surface area contributed by atoms with E-state index in [2.05, 4.69) is 47.8 Å². The molecular formula is C30H34FN3O4. The molecule has 0 radical (unpaired) electrons. The van der Waals surface area contributed by atoms with Crippen molar-refractivity contribution in [1.29, 1.82) is 0 Å². The lowest BCUT2D eigenvalue weighted by Crippen LogP contribution is -2.21. The number of rotatable bonds is 11. The highest BCUT2D eigenvalue weighted by Crippen LogP contribution is 2.33. The van der Waals surface area contributed by atoms with Crippen molar-refractivity contribution in [2.45, 2.75) is 52.5 Å². The Balaban J connectivity index is 1.65. The summed E-state index contributed by atoms with van der Waals surface area (Å²) in [6, 6.07) is 14.7. The molecule has 0 bridgehead atoms. The van der Waals surface area contributed by atoms with Crippen molar-refractivity contribution >= 4 is 16.9 Å². The molecule has 0 spiro atoms. The number of ether oxygens (including phenoxy) is 3. The van der Waals surface area contributed by atoms with Crippen molar-refractivity contribution < 1.29 is 23.4 Å². The lowest BCUT2D eigenvalue weighted by atomic mass is 9.99. The van der Waals surface area contributed by atoms with Crippen LogP contribution in [0.3, 0.4) is 0 Å². The van der Waals surface area contributed by atoms with Crippen molar-refractivity contribution in [3.05, 3.63) is 83.6 Å². The average molecular weight is 520 g/mol. The number of carbonyl (C=O) groups excluding carboxylic acids is 1. The van der Waals surface area contributed by atoms with Crippen LogP contribution in [-0.4, -0.2) is 35.3 Å². The van der Waals surface area contributed by atoms with E-state index in [1.165, 1.54) is 19.2 Å². The van der Waals surface area contributed by atoms with E-state index in [1.807, 2.05) is 12.1 Å². The second kappa shape index (κ2) is 12.2. The maximum absolute atomic E-state index is 14.1. The zero-order valence-electron chi connectivity index (χ0n) is 22.2. The summed E-state index contributed by atoms with van der Waals surface area (Å²) in [6.07, 6.45) is 3.34. The van der Waals surface area contributed by atoms with Crippen LogP contribution in [0, 0.1) is 5.82 Å². The Morgan fingerprint density at radius 3 is 2.66 bits per heavy atom. The molecule has 8 heteroatoms. The van der Waals surface area contributed by atoms with E-state index in [-0.39, 0.29) is 25.7 Å². The minimum Gasteiger partial charge on any atom is -0.489 e. The first-order chi connectivity index (χ1) is 18.3. The van der Waals surface area contributed by atoms with Gasteiger partial charge in [-0.1, -0.05) is 0 Å². The highest BCUT2D eigenvalue weighted by molar-refractivity contribution is 5.96. The van der Waals surface area contributed by atoms with Crippen LogP contribution in [0.25, 0.3) is 22.0 Å². The molecule has 7 nitrogen and oxygen atoms in total. The fourth-order valence-corrected chi connectivity index (χ4v) is 4.53. The highest BCUT2D eigenvalue weighted by atomic mass is 19.1. The number of nitrogens with two attached hydrogens (primary N) is 1. The van der Waals surface area contributed by atoms with Crippen molar-refractivity contribution in [2.24, 2.45) is 5.73 Å². The van der Waals surface area contributed by atoms with Crippen LogP contribution in [0.15, 0.2) is 60.9 Å². The molecule has 1 unspecified atom stereocenters. The number of nitrogens with zero attached hydrogens (tertiary/aromatic N) is 2. The third-order valence-electron chi connectivity index (χ3n) is 6.28. The number of aromatic nitrogens is 2. The summed E-state index contributed by atoms with van der Waals surface area (Å²) in [4.78, 5) is 16.8. The molecule has 0 aliphatic carbocycles. The van der Waals surface area contributed by atoms with Gasteiger partial charge in [-0.15, -0.1) is 0 Å². The summed E-state index contributed by atoms with van der Waals surface area (Å²) in [7, 11) is 1.54. The van der Waals surface area contributed by atoms with Gasteiger partial charge < -0.3 is 24.5 Å². The summed E-state index contributed by atoms with van der Waals surface area (Å²) in [6.45, 7) is 6.88. The molecule has 200 valence electrons. The highest BCUT2D eigenvalue weighted by Gasteiger charge is 2.16. The van der Waals surface area contributed by atoms with Gasteiger partial charge in [0.2, 0.25) is 0 Å². The standard InChI is InChI=1S/C30H34FN3O4/c1-19(2)34-10-8-26-27(22-7-9-33-25(14-22)16-32)11-21(12-28(26)34)18-37-29-6-5-24(31)13-23(29)15-30(35)38-20(3)17-36-4/h5-14,19-20H,15-18,32H2,1-4H3. The summed E-state index contributed by atoms with van der Waals surface area (Å²) in [5, 5.41) is 1.12. The van der Waals surface area contributed by atoms with Crippen LogP contribution in [0.2, 0.25) is 0 Å². The third-order valence-corrected chi connectivity index (χ3v) is 6.28. The van der Waals surface area contributed by atoms with Gasteiger partial charge in [0.15, 0.2) is 0 Å². The van der Waals surface area contributed by atoms with Crippen molar-refractivity contribution in [1.82, 2.24) is 9.55 Å². The number of hydrogen-bond acceptors (Lipinski definition) is 6. The zero-order valence-corrected chi connectivity index (χ0v) is 22.2. The van der Waals surface area contributed by atoms with Crippen LogP contribution >= 0.6 is 0 Å². The lowest BCUT2D eigenvalue weighted by molar-refractivity contribution is -0.149. The smallest absolute Gasteiger partial charge is 0.310 e. The molecule has 2 aromatic carbocycles. The molecule has 0 aliphatic heterocycles. The average Bonchev–Trinajstić information content (AvgIpc) is 3.32. The van der Waals surface area contributed by atoms with Gasteiger partial charge in [0.1, 0.15) is 24.3 Å². The first-order valence-electron chi connectivity index (χ1n) is 12.7. The molecule has 1 atom stereocenters. The second-order valence-electron chi connectivity index (χ2n) is 9.61.